The van der Waals surface area contributed by atoms with Crippen molar-refractivity contribution in [2.75, 3.05) is 0 Å². The molecule has 16 heteroatoms. The molecule has 26 heavy (non-hydrogen) atoms. The first-order valence-corrected chi connectivity index (χ1v) is 5.77. The lowest BCUT2D eigenvalue weighted by Gasteiger charge is -2.25. The Balaban J connectivity index is 7.42. The van der Waals surface area contributed by atoms with E-state index in [1.54, 1.807) is 0 Å². The lowest BCUT2D eigenvalue weighted by atomic mass is 9.95. The van der Waals surface area contributed by atoms with Crippen LogP contribution in [-0.4, -0.2) is 35.7 Å². The van der Waals surface area contributed by atoms with Gasteiger partial charge >= 0.3 is 30.9 Å². The molecule has 0 atom stereocenters. The van der Waals surface area contributed by atoms with Crippen LogP contribution in [0.5, 0.6) is 0 Å². The molecule has 0 aromatic carbocycles. The molecule has 0 heterocycles. The standard InChI is InChI=1S/C10HF15S/c11-6(12,13)1-2(7(14,15)16)3(8(17,18)19)4(9(20,21)22)5(26)10(23,24)25/h1H/b2-1-,4-3+. The Bertz CT molecular complexity index is 601. The molecule has 0 aromatic heterocycles. The number of hydrogen-bond donors (Lipinski definition) is 0. The summed E-state index contributed by atoms with van der Waals surface area (Å²) >= 11 is 3.11. The van der Waals surface area contributed by atoms with Crippen LogP contribution < -0.4 is 0 Å². The normalized spacial score (nSPS) is 16.5. The average Bonchev–Trinajstić information content (AvgIpc) is 2.25. The molecule has 0 aliphatic carbocycles. The van der Waals surface area contributed by atoms with Gasteiger partial charge in [-0.05, 0) is 0 Å². The first-order valence-electron chi connectivity index (χ1n) is 5.37. The second kappa shape index (κ2) is 6.92. The minimum atomic E-state index is -6.92. The van der Waals surface area contributed by atoms with Crippen LogP contribution in [0.1, 0.15) is 0 Å². The van der Waals surface area contributed by atoms with Crippen LogP contribution in [-0.2, 0) is 0 Å². The molecule has 152 valence electrons. The third-order valence-corrected chi connectivity index (χ3v) is 2.62. The number of alkyl halides is 15. The summed E-state index contributed by atoms with van der Waals surface area (Å²) in [6.07, 6.45) is -35.4. The van der Waals surface area contributed by atoms with Gasteiger partial charge in [-0.15, -0.1) is 0 Å². The molecule has 0 N–H and O–H groups in total. The van der Waals surface area contributed by atoms with Gasteiger partial charge in [0.1, 0.15) is 4.86 Å². The molecule has 0 spiro atoms. The number of rotatable bonds is 2. The highest BCUT2D eigenvalue weighted by Gasteiger charge is 2.58. The molecular formula is C10HF15S. The molecule has 0 aliphatic rings. The number of allylic oxidation sites excluding steroid dienone is 4. The van der Waals surface area contributed by atoms with E-state index < -0.39 is 58.5 Å². The lowest BCUT2D eigenvalue weighted by molar-refractivity contribution is -0.133. The van der Waals surface area contributed by atoms with Gasteiger partial charge in [0.05, 0.1) is 16.7 Å². The fourth-order valence-corrected chi connectivity index (χ4v) is 1.63. The van der Waals surface area contributed by atoms with Gasteiger partial charge in [-0.2, -0.15) is 65.9 Å². The van der Waals surface area contributed by atoms with Crippen molar-refractivity contribution < 1.29 is 65.9 Å². The fraction of sp³-hybridized carbons (Fsp3) is 0.500. The monoisotopic (exact) mass is 438 g/mol. The van der Waals surface area contributed by atoms with Crippen LogP contribution in [0.25, 0.3) is 0 Å². The second-order valence-corrected chi connectivity index (χ2v) is 4.58. The smallest absolute Gasteiger partial charge is 0.167 e. The maximum atomic E-state index is 12.7. The van der Waals surface area contributed by atoms with E-state index >= 15 is 0 Å². The van der Waals surface area contributed by atoms with Gasteiger partial charge in [0.15, 0.2) is 0 Å². The van der Waals surface area contributed by atoms with Gasteiger partial charge in [-0.3, -0.25) is 0 Å². The van der Waals surface area contributed by atoms with E-state index in [0.29, 0.717) is 0 Å². The van der Waals surface area contributed by atoms with Crippen LogP contribution >= 0.6 is 12.2 Å². The summed E-state index contributed by atoms with van der Waals surface area (Å²) in [4.78, 5) is -3.62. The summed E-state index contributed by atoms with van der Waals surface area (Å²) in [6.45, 7) is 0. The lowest BCUT2D eigenvalue weighted by Crippen LogP contribution is -2.37. The van der Waals surface area contributed by atoms with Gasteiger partial charge in [0.2, 0.25) is 0 Å². The Morgan fingerprint density at radius 3 is 1.04 bits per heavy atom. The van der Waals surface area contributed by atoms with E-state index in [0.717, 1.165) is 0 Å². The molecule has 0 saturated carbocycles. The van der Waals surface area contributed by atoms with E-state index in [2.05, 4.69) is 12.2 Å². The number of thiocarbonyl (C=S) groups is 1. The summed E-state index contributed by atoms with van der Waals surface area (Å²) in [7, 11) is 0. The summed E-state index contributed by atoms with van der Waals surface area (Å²) in [6, 6.07) is 0. The highest BCUT2D eigenvalue weighted by atomic mass is 32.1. The zero-order chi connectivity index (χ0) is 21.5. The van der Waals surface area contributed by atoms with Gasteiger partial charge < -0.3 is 0 Å². The molecule has 0 nitrogen and oxygen atoms in total. The summed E-state index contributed by atoms with van der Waals surface area (Å²) in [5.74, 6) is 0. The van der Waals surface area contributed by atoms with Crippen LogP contribution in [0, 0.1) is 0 Å². The number of hydrogen-bond acceptors (Lipinski definition) is 1. The maximum Gasteiger partial charge on any atom is 0.427 e. The molecule has 0 saturated heterocycles. The van der Waals surface area contributed by atoms with Gasteiger partial charge in [0.25, 0.3) is 0 Å². The van der Waals surface area contributed by atoms with Gasteiger partial charge in [0, 0.05) is 6.08 Å². The Morgan fingerprint density at radius 1 is 0.500 bits per heavy atom. The largest absolute Gasteiger partial charge is 0.427 e. The van der Waals surface area contributed by atoms with Crippen molar-refractivity contribution in [2.24, 2.45) is 0 Å². The Kier molecular flexibility index (Phi) is 6.53. The van der Waals surface area contributed by atoms with Crippen molar-refractivity contribution in [3.63, 3.8) is 0 Å². The number of halogens is 15. The summed E-state index contributed by atoms with van der Waals surface area (Å²) < 4.78 is 187. The van der Waals surface area contributed by atoms with Crippen molar-refractivity contribution in [1.82, 2.24) is 0 Å². The van der Waals surface area contributed by atoms with E-state index in [4.69, 9.17) is 0 Å². The van der Waals surface area contributed by atoms with E-state index in [1.165, 1.54) is 0 Å². The van der Waals surface area contributed by atoms with Crippen molar-refractivity contribution in [3.05, 3.63) is 22.8 Å². The van der Waals surface area contributed by atoms with Gasteiger partial charge in [-0.1, -0.05) is 12.2 Å². The van der Waals surface area contributed by atoms with Crippen molar-refractivity contribution >= 4 is 17.1 Å². The minimum absolute atomic E-state index is 2.24. The molecule has 0 rings (SSSR count). The molecule has 0 amide bonds. The van der Waals surface area contributed by atoms with Crippen molar-refractivity contribution in [2.45, 2.75) is 30.9 Å². The molecule has 0 bridgehead atoms. The van der Waals surface area contributed by atoms with Crippen LogP contribution in [0.3, 0.4) is 0 Å². The Hall–Kier alpha value is -1.48. The van der Waals surface area contributed by atoms with Crippen LogP contribution in [0.2, 0.25) is 0 Å². The SMILES string of the molecule is FC(F)(F)/C=C(/C(=C(/C(=S)C(F)(F)F)C(F)(F)F)C(F)(F)F)C(F)(F)F. The first kappa shape index (κ1) is 24.5. The maximum absolute atomic E-state index is 12.7. The summed E-state index contributed by atoms with van der Waals surface area (Å²) in [5, 5.41) is 0. The zero-order valence-electron chi connectivity index (χ0n) is 11.2. The quantitative estimate of drug-likeness (QED) is 0.208. The molecule has 0 fully saturated rings. The molecule has 0 radical (unpaired) electrons. The van der Waals surface area contributed by atoms with Crippen molar-refractivity contribution in [1.29, 1.82) is 0 Å². The van der Waals surface area contributed by atoms with E-state index in [9.17, 15) is 65.9 Å². The van der Waals surface area contributed by atoms with E-state index in [-0.39, 0.29) is 0 Å². The van der Waals surface area contributed by atoms with Gasteiger partial charge in [-0.25, -0.2) is 0 Å². The second-order valence-electron chi connectivity index (χ2n) is 4.17. The van der Waals surface area contributed by atoms with Crippen LogP contribution in [0.4, 0.5) is 65.9 Å². The van der Waals surface area contributed by atoms with Crippen LogP contribution in [0.15, 0.2) is 22.8 Å². The minimum Gasteiger partial charge on any atom is -0.167 e. The molecule has 0 unspecified atom stereocenters. The third kappa shape index (κ3) is 6.68. The predicted octanol–water partition coefficient (Wildman–Crippen LogP) is 6.39. The highest BCUT2D eigenvalue weighted by Crippen LogP contribution is 2.48. The first-order chi connectivity index (χ1) is 11.0. The zero-order valence-corrected chi connectivity index (χ0v) is 12.0. The molecule has 0 aliphatic heterocycles. The predicted molar refractivity (Wildman–Crippen MR) is 58.0 cm³/mol. The summed E-state index contributed by atoms with van der Waals surface area (Å²) in [5.41, 5.74) is -12.4. The topological polar surface area (TPSA) is 0 Å². The molecule has 0 aromatic rings. The third-order valence-electron chi connectivity index (χ3n) is 2.18. The molecular weight excluding hydrogens is 437 g/mol. The fourth-order valence-electron chi connectivity index (χ4n) is 1.41. The highest BCUT2D eigenvalue weighted by molar-refractivity contribution is 7.81. The average molecular weight is 438 g/mol. The van der Waals surface area contributed by atoms with Crippen molar-refractivity contribution in [3.8, 4) is 0 Å². The Morgan fingerprint density at radius 2 is 0.846 bits per heavy atom. The van der Waals surface area contributed by atoms with E-state index in [1.807, 2.05) is 0 Å². The Labute approximate surface area is 137 Å².